The summed E-state index contributed by atoms with van der Waals surface area (Å²) in [5.41, 5.74) is 1.90. The molecule has 19 heavy (non-hydrogen) atoms. The molecular weight excluding hydrogens is 264 g/mol. The van der Waals surface area contributed by atoms with Crippen molar-refractivity contribution in [1.29, 1.82) is 0 Å². The minimum absolute atomic E-state index is 0.0603. The number of carbonyl (C=O) groups is 2. The number of nitrogens with zero attached hydrogens (tertiary/aromatic N) is 1. The lowest BCUT2D eigenvalue weighted by molar-refractivity contribution is -0.133. The molecule has 0 unspecified atom stereocenters. The summed E-state index contributed by atoms with van der Waals surface area (Å²) in [6.07, 6.45) is 0. The number of nitrogens with one attached hydrogen (secondary N) is 1. The quantitative estimate of drug-likeness (QED) is 0.793. The SMILES string of the molecule is CN(C)Cc1ccc(NC(=O)CSCC(=O)O)cc1. The predicted molar refractivity (Wildman–Crippen MR) is 77.4 cm³/mol. The van der Waals surface area contributed by atoms with Crippen molar-refractivity contribution < 1.29 is 14.7 Å². The highest BCUT2D eigenvalue weighted by molar-refractivity contribution is 8.00. The number of carboxylic acids is 1. The van der Waals surface area contributed by atoms with Gasteiger partial charge in [0, 0.05) is 12.2 Å². The van der Waals surface area contributed by atoms with Crippen molar-refractivity contribution in [1.82, 2.24) is 4.90 Å². The van der Waals surface area contributed by atoms with Gasteiger partial charge < -0.3 is 15.3 Å². The molecule has 0 heterocycles. The maximum atomic E-state index is 11.5. The zero-order valence-electron chi connectivity index (χ0n) is 11.0. The first-order valence-electron chi connectivity index (χ1n) is 5.80. The van der Waals surface area contributed by atoms with Crippen molar-refractivity contribution in [3.63, 3.8) is 0 Å². The molecule has 0 aliphatic carbocycles. The van der Waals surface area contributed by atoms with E-state index < -0.39 is 5.97 Å². The molecule has 0 radical (unpaired) electrons. The smallest absolute Gasteiger partial charge is 0.313 e. The van der Waals surface area contributed by atoms with Crippen LogP contribution >= 0.6 is 11.8 Å². The van der Waals surface area contributed by atoms with Gasteiger partial charge in [-0.25, -0.2) is 0 Å². The van der Waals surface area contributed by atoms with Crippen LogP contribution in [0.2, 0.25) is 0 Å². The Morgan fingerprint density at radius 2 is 1.84 bits per heavy atom. The van der Waals surface area contributed by atoms with Crippen LogP contribution in [0.5, 0.6) is 0 Å². The molecule has 0 bridgehead atoms. The van der Waals surface area contributed by atoms with Crippen LogP contribution in [-0.2, 0) is 16.1 Å². The molecule has 0 saturated heterocycles. The maximum Gasteiger partial charge on any atom is 0.313 e. The second-order valence-electron chi connectivity index (χ2n) is 4.37. The molecule has 2 N–H and O–H groups in total. The zero-order chi connectivity index (χ0) is 14.3. The van der Waals surface area contributed by atoms with E-state index in [1.54, 1.807) is 0 Å². The molecular formula is C13H18N2O3S. The molecule has 104 valence electrons. The molecule has 1 aromatic rings. The van der Waals surface area contributed by atoms with Crippen LogP contribution < -0.4 is 5.32 Å². The summed E-state index contributed by atoms with van der Waals surface area (Å²) in [7, 11) is 3.99. The van der Waals surface area contributed by atoms with Gasteiger partial charge in [0.15, 0.2) is 0 Å². The standard InChI is InChI=1S/C13H18N2O3S/c1-15(2)7-10-3-5-11(6-4-10)14-12(16)8-19-9-13(17)18/h3-6H,7-9H2,1-2H3,(H,14,16)(H,17,18). The number of hydrogen-bond donors (Lipinski definition) is 2. The normalized spacial score (nSPS) is 10.5. The predicted octanol–water partition coefficient (Wildman–Crippen LogP) is 1.50. The summed E-state index contributed by atoms with van der Waals surface area (Å²) in [6, 6.07) is 7.61. The number of hydrogen-bond acceptors (Lipinski definition) is 4. The molecule has 5 nitrogen and oxygen atoms in total. The van der Waals surface area contributed by atoms with Crippen LogP contribution in [0.15, 0.2) is 24.3 Å². The molecule has 0 fully saturated rings. The van der Waals surface area contributed by atoms with Gasteiger partial charge in [-0.05, 0) is 31.8 Å². The van der Waals surface area contributed by atoms with Crippen LogP contribution in [-0.4, -0.2) is 47.5 Å². The van der Waals surface area contributed by atoms with Crippen LogP contribution in [0.3, 0.4) is 0 Å². The van der Waals surface area contributed by atoms with E-state index in [1.165, 1.54) is 5.56 Å². The molecule has 0 spiro atoms. The van der Waals surface area contributed by atoms with Gasteiger partial charge in [0.25, 0.3) is 0 Å². The Hall–Kier alpha value is -1.53. The number of thioether (sulfide) groups is 1. The number of carboxylic acid groups (broad SMARTS) is 1. The van der Waals surface area contributed by atoms with Crippen molar-refractivity contribution in [2.24, 2.45) is 0 Å². The fraction of sp³-hybridized carbons (Fsp3) is 0.385. The van der Waals surface area contributed by atoms with Gasteiger partial charge in [-0.1, -0.05) is 12.1 Å². The molecule has 0 aliphatic heterocycles. The van der Waals surface area contributed by atoms with Gasteiger partial charge in [0.05, 0.1) is 11.5 Å². The fourth-order valence-electron chi connectivity index (χ4n) is 1.49. The first kappa shape index (κ1) is 15.5. The molecule has 1 aromatic carbocycles. The Kier molecular flexibility index (Phi) is 6.38. The lowest BCUT2D eigenvalue weighted by Gasteiger charge is -2.10. The maximum absolute atomic E-state index is 11.5. The van der Waals surface area contributed by atoms with E-state index in [0.29, 0.717) is 0 Å². The number of amides is 1. The minimum Gasteiger partial charge on any atom is -0.481 e. The van der Waals surface area contributed by atoms with Gasteiger partial charge in [-0.2, -0.15) is 0 Å². The van der Waals surface area contributed by atoms with E-state index in [-0.39, 0.29) is 17.4 Å². The van der Waals surface area contributed by atoms with E-state index in [1.807, 2.05) is 38.4 Å². The summed E-state index contributed by atoms with van der Waals surface area (Å²) in [4.78, 5) is 23.9. The Bertz CT molecular complexity index is 432. The number of anilines is 1. The second kappa shape index (κ2) is 7.81. The highest BCUT2D eigenvalue weighted by Crippen LogP contribution is 2.11. The number of carbonyl (C=O) groups excluding carboxylic acids is 1. The largest absolute Gasteiger partial charge is 0.481 e. The second-order valence-corrected chi connectivity index (χ2v) is 5.36. The van der Waals surface area contributed by atoms with Gasteiger partial charge in [-0.15, -0.1) is 11.8 Å². The summed E-state index contributed by atoms with van der Waals surface area (Å²) >= 11 is 1.08. The van der Waals surface area contributed by atoms with Crippen LogP contribution in [0, 0.1) is 0 Å². The Labute approximate surface area is 117 Å². The summed E-state index contributed by atoms with van der Waals surface area (Å²) < 4.78 is 0. The average Bonchev–Trinajstić information content (AvgIpc) is 2.30. The van der Waals surface area contributed by atoms with Gasteiger partial charge in [0.1, 0.15) is 0 Å². The van der Waals surface area contributed by atoms with E-state index in [2.05, 4.69) is 10.2 Å². The summed E-state index contributed by atoms with van der Waals surface area (Å²) in [6.45, 7) is 0.850. The summed E-state index contributed by atoms with van der Waals surface area (Å²) in [5, 5.41) is 11.2. The lowest BCUT2D eigenvalue weighted by atomic mass is 10.2. The van der Waals surface area contributed by atoms with Gasteiger partial charge >= 0.3 is 5.97 Å². The average molecular weight is 282 g/mol. The highest BCUT2D eigenvalue weighted by atomic mass is 32.2. The molecule has 0 aromatic heterocycles. The molecule has 6 heteroatoms. The van der Waals surface area contributed by atoms with E-state index in [9.17, 15) is 9.59 Å². The molecule has 0 saturated carbocycles. The number of benzene rings is 1. The Morgan fingerprint density at radius 1 is 1.21 bits per heavy atom. The first-order chi connectivity index (χ1) is 8.97. The topological polar surface area (TPSA) is 69.6 Å². The molecule has 0 aliphatic rings. The number of rotatable bonds is 7. The van der Waals surface area contributed by atoms with Crippen LogP contribution in [0.25, 0.3) is 0 Å². The number of aliphatic carboxylic acids is 1. The molecule has 0 atom stereocenters. The molecule has 1 rings (SSSR count). The Balaban J connectivity index is 2.40. The third-order valence-corrected chi connectivity index (χ3v) is 3.11. The van der Waals surface area contributed by atoms with E-state index in [4.69, 9.17) is 5.11 Å². The first-order valence-corrected chi connectivity index (χ1v) is 6.96. The highest BCUT2D eigenvalue weighted by Gasteiger charge is 2.05. The van der Waals surface area contributed by atoms with Gasteiger partial charge in [0.2, 0.25) is 5.91 Å². The minimum atomic E-state index is -0.911. The lowest BCUT2D eigenvalue weighted by Crippen LogP contribution is -2.15. The van der Waals surface area contributed by atoms with Crippen molar-refractivity contribution >= 4 is 29.3 Å². The Morgan fingerprint density at radius 3 is 2.37 bits per heavy atom. The van der Waals surface area contributed by atoms with Gasteiger partial charge in [-0.3, -0.25) is 9.59 Å². The van der Waals surface area contributed by atoms with Crippen LogP contribution in [0.1, 0.15) is 5.56 Å². The third-order valence-electron chi connectivity index (χ3n) is 2.20. The van der Waals surface area contributed by atoms with Crippen LogP contribution in [0.4, 0.5) is 5.69 Å². The van der Waals surface area contributed by atoms with E-state index >= 15 is 0 Å². The summed E-state index contributed by atoms with van der Waals surface area (Å²) in [5.74, 6) is -1.02. The molecule has 1 amide bonds. The third kappa shape index (κ3) is 6.83. The van der Waals surface area contributed by atoms with E-state index in [0.717, 1.165) is 24.0 Å². The van der Waals surface area contributed by atoms with Crippen molar-refractivity contribution in [2.45, 2.75) is 6.54 Å². The van der Waals surface area contributed by atoms with Crippen molar-refractivity contribution in [2.75, 3.05) is 30.9 Å². The zero-order valence-corrected chi connectivity index (χ0v) is 11.9. The van der Waals surface area contributed by atoms with Crippen molar-refractivity contribution in [3.8, 4) is 0 Å². The monoisotopic (exact) mass is 282 g/mol. The fourth-order valence-corrected chi connectivity index (χ4v) is 2.02. The van der Waals surface area contributed by atoms with Crippen molar-refractivity contribution in [3.05, 3.63) is 29.8 Å².